The Kier molecular flexibility index (Phi) is 6.94. The van der Waals surface area contributed by atoms with Crippen LogP contribution in [-0.2, 0) is 21.7 Å². The molecule has 0 bridgehead atoms. The van der Waals surface area contributed by atoms with Gasteiger partial charge in [-0.25, -0.2) is 4.39 Å². The maximum absolute atomic E-state index is 14.2. The maximum atomic E-state index is 14.2. The van der Waals surface area contributed by atoms with Crippen LogP contribution in [0.1, 0.15) is 39.8 Å². The predicted molar refractivity (Wildman–Crippen MR) is 157 cm³/mol. The van der Waals surface area contributed by atoms with Crippen LogP contribution in [0, 0.1) is 5.82 Å². The number of benzene rings is 4. The van der Waals surface area contributed by atoms with Crippen LogP contribution in [0.4, 0.5) is 4.39 Å². The number of carbonyl (C=O) groups excluding carboxylic acids is 1. The molecule has 0 aromatic heterocycles. The first kappa shape index (κ1) is 25.4. The molecule has 0 radical (unpaired) electrons. The highest BCUT2D eigenvalue weighted by molar-refractivity contribution is 7.98. The van der Waals surface area contributed by atoms with E-state index >= 15 is 0 Å². The summed E-state index contributed by atoms with van der Waals surface area (Å²) < 4.78 is 20.0. The fraction of sp³-hybridized carbons (Fsp3) is 0.147. The van der Waals surface area contributed by atoms with Crippen LogP contribution < -0.4 is 5.32 Å². The van der Waals surface area contributed by atoms with Crippen molar-refractivity contribution >= 4 is 34.9 Å². The zero-order valence-corrected chi connectivity index (χ0v) is 22.4. The van der Waals surface area contributed by atoms with Gasteiger partial charge in [0.05, 0.1) is 13.0 Å². The molecule has 39 heavy (non-hydrogen) atoms. The molecule has 4 aromatic carbocycles. The highest BCUT2D eigenvalue weighted by Crippen LogP contribution is 2.45. The quantitative estimate of drug-likeness (QED) is 0.189. The predicted octanol–water partition coefficient (Wildman–Crippen LogP) is 7.47. The van der Waals surface area contributed by atoms with Gasteiger partial charge in [-0.2, -0.15) is 0 Å². The molecule has 1 unspecified atom stereocenters. The van der Waals surface area contributed by atoms with Gasteiger partial charge in [0, 0.05) is 11.4 Å². The average Bonchev–Trinajstić information content (AvgIpc) is 3.72. The molecule has 1 heterocycles. The van der Waals surface area contributed by atoms with Crippen LogP contribution >= 0.6 is 11.8 Å². The van der Waals surface area contributed by atoms with Crippen molar-refractivity contribution in [3.8, 4) is 0 Å². The number of fused-ring (bicyclic) bond motifs is 1. The Morgan fingerprint density at radius 2 is 1.67 bits per heavy atom. The number of nitrogens with one attached hydrogen (secondary N) is 1. The van der Waals surface area contributed by atoms with Gasteiger partial charge in [-0.15, -0.1) is 11.8 Å². The molecular weight excluding hydrogens is 505 g/mol. The molecule has 1 N–H and O–H groups in total. The number of hydrogen-bond acceptors (Lipinski definition) is 3. The van der Waals surface area contributed by atoms with Gasteiger partial charge in [0.25, 0.3) is 0 Å². The van der Waals surface area contributed by atoms with E-state index in [0.717, 1.165) is 44.5 Å². The summed E-state index contributed by atoms with van der Waals surface area (Å²) in [6.45, 7) is 1.09. The van der Waals surface area contributed by atoms with E-state index in [1.807, 2.05) is 36.4 Å². The number of hydrogen-bond donors (Lipinski definition) is 1. The fourth-order valence-corrected chi connectivity index (χ4v) is 5.54. The van der Waals surface area contributed by atoms with Crippen molar-refractivity contribution in [1.29, 1.82) is 0 Å². The highest BCUT2D eigenvalue weighted by Gasteiger charge is 2.47. The molecule has 194 valence electrons. The summed E-state index contributed by atoms with van der Waals surface area (Å²) in [5, 5.41) is 3.03. The van der Waals surface area contributed by atoms with Gasteiger partial charge < -0.3 is 10.1 Å². The average molecular weight is 534 g/mol. The molecule has 1 amide bonds. The molecule has 2 aliphatic rings. The molecular formula is C34H28FNO2S. The van der Waals surface area contributed by atoms with Crippen LogP contribution in [0.25, 0.3) is 17.2 Å². The second kappa shape index (κ2) is 10.7. The van der Waals surface area contributed by atoms with E-state index in [4.69, 9.17) is 4.74 Å². The van der Waals surface area contributed by atoms with E-state index in [2.05, 4.69) is 66.2 Å². The number of allylic oxidation sites excluding steroid dienone is 2. The summed E-state index contributed by atoms with van der Waals surface area (Å²) in [6.07, 6.45) is 6.31. The van der Waals surface area contributed by atoms with Crippen LogP contribution in [0.5, 0.6) is 0 Å². The number of amides is 1. The lowest BCUT2D eigenvalue weighted by Gasteiger charge is -2.14. The number of epoxide rings is 1. The van der Waals surface area contributed by atoms with Crippen molar-refractivity contribution in [2.75, 3.05) is 12.9 Å². The molecule has 0 saturated carbocycles. The summed E-state index contributed by atoms with van der Waals surface area (Å²) in [4.78, 5) is 14.1. The second-order valence-electron chi connectivity index (χ2n) is 9.86. The molecule has 1 atom stereocenters. The van der Waals surface area contributed by atoms with Gasteiger partial charge in [0.15, 0.2) is 0 Å². The zero-order chi connectivity index (χ0) is 26.8. The van der Waals surface area contributed by atoms with E-state index in [9.17, 15) is 9.18 Å². The third-order valence-corrected chi connectivity index (χ3v) is 8.08. The highest BCUT2D eigenvalue weighted by atomic mass is 32.2. The zero-order valence-electron chi connectivity index (χ0n) is 21.6. The fourth-order valence-electron chi connectivity index (χ4n) is 5.13. The summed E-state index contributed by atoms with van der Waals surface area (Å²) in [6, 6.07) is 31.5. The van der Waals surface area contributed by atoms with Crippen LogP contribution in [0.15, 0.2) is 108 Å². The third-order valence-electron chi connectivity index (χ3n) is 7.34. The van der Waals surface area contributed by atoms with Crippen molar-refractivity contribution in [1.82, 2.24) is 5.32 Å². The Hall–Kier alpha value is -3.93. The number of carbonyl (C=O) groups is 1. The lowest BCUT2D eigenvalue weighted by molar-refractivity contribution is -0.120. The first-order valence-electron chi connectivity index (χ1n) is 13.0. The van der Waals surface area contributed by atoms with Crippen LogP contribution in [-0.4, -0.2) is 18.8 Å². The van der Waals surface area contributed by atoms with Gasteiger partial charge in [0.2, 0.25) is 5.91 Å². The summed E-state index contributed by atoms with van der Waals surface area (Å²) in [5.74, 6) is -0.406. The van der Waals surface area contributed by atoms with Gasteiger partial charge in [-0.05, 0) is 87.2 Å². The summed E-state index contributed by atoms with van der Waals surface area (Å²) in [5.41, 5.74) is 7.50. The Bertz CT molecular complexity index is 1570. The largest absolute Gasteiger partial charge is 0.359 e. The maximum Gasteiger partial charge on any atom is 0.224 e. The van der Waals surface area contributed by atoms with Crippen molar-refractivity contribution < 1.29 is 13.9 Å². The van der Waals surface area contributed by atoms with Crippen molar-refractivity contribution in [3.05, 3.63) is 142 Å². The first-order chi connectivity index (χ1) is 19.0. The van der Waals surface area contributed by atoms with E-state index in [1.54, 1.807) is 17.8 Å². The minimum Gasteiger partial charge on any atom is -0.359 e. The lowest BCUT2D eigenvalue weighted by atomic mass is 9.91. The summed E-state index contributed by atoms with van der Waals surface area (Å²) >= 11 is 1.70. The Balaban J connectivity index is 1.13. The molecule has 0 spiro atoms. The smallest absolute Gasteiger partial charge is 0.224 e. The van der Waals surface area contributed by atoms with E-state index in [0.29, 0.717) is 13.2 Å². The van der Waals surface area contributed by atoms with Crippen LogP contribution in [0.3, 0.4) is 0 Å². The number of halogens is 1. The monoisotopic (exact) mass is 533 g/mol. The molecule has 5 heteroatoms. The van der Waals surface area contributed by atoms with E-state index in [-0.39, 0.29) is 23.7 Å². The number of ether oxygens (including phenoxy) is 1. The van der Waals surface area contributed by atoms with Gasteiger partial charge >= 0.3 is 0 Å². The molecule has 1 saturated heterocycles. The minimum atomic E-state index is -0.358. The molecule has 3 nitrogen and oxygen atoms in total. The van der Waals surface area contributed by atoms with Crippen molar-refractivity contribution in [2.24, 2.45) is 0 Å². The Morgan fingerprint density at radius 3 is 2.36 bits per heavy atom. The number of thioether (sulfide) groups is 1. The topological polar surface area (TPSA) is 41.6 Å². The standard InChI is InChI=1S/C34H28FNO2S/c1-39-30-14-9-23(10-15-30)17-25-18-26(32-20-29(35)13-16-31(25)32)19-33(37)36-21-24-7-11-28(12-8-24)34(22-38-34)27-5-3-2-4-6-27/h2-18,20H,19,21-22H2,1H3,(H,36,37). The second-order valence-corrected chi connectivity index (χ2v) is 10.7. The van der Waals surface area contributed by atoms with Gasteiger partial charge in [-0.1, -0.05) is 72.8 Å². The Labute approximate surface area is 232 Å². The first-order valence-corrected chi connectivity index (χ1v) is 14.2. The normalized spacial score (nSPS) is 18.5. The van der Waals surface area contributed by atoms with Crippen LogP contribution in [0.2, 0.25) is 0 Å². The van der Waals surface area contributed by atoms with Crippen molar-refractivity contribution in [3.63, 3.8) is 0 Å². The number of rotatable bonds is 8. The molecule has 4 aromatic rings. The SMILES string of the molecule is CSc1ccc(C=C2C=C(CC(=O)NCc3ccc(C4(c5ccccc5)CO4)cc3)c3cc(F)ccc32)cc1. The van der Waals surface area contributed by atoms with E-state index < -0.39 is 0 Å². The van der Waals surface area contributed by atoms with E-state index in [1.165, 1.54) is 17.0 Å². The minimum absolute atomic E-state index is 0.0996. The van der Waals surface area contributed by atoms with Gasteiger partial charge in [-0.3, -0.25) is 4.79 Å². The Morgan fingerprint density at radius 1 is 0.949 bits per heavy atom. The van der Waals surface area contributed by atoms with Gasteiger partial charge in [0.1, 0.15) is 11.4 Å². The molecule has 1 aliphatic carbocycles. The molecule has 1 fully saturated rings. The molecule has 1 aliphatic heterocycles. The van der Waals surface area contributed by atoms with Crippen molar-refractivity contribution in [2.45, 2.75) is 23.5 Å². The summed E-state index contributed by atoms with van der Waals surface area (Å²) in [7, 11) is 0. The third kappa shape index (κ3) is 5.33. The molecule has 6 rings (SSSR count). The lowest BCUT2D eigenvalue weighted by Crippen LogP contribution is -2.22.